The Morgan fingerprint density at radius 1 is 0.898 bits per heavy atom. The molecule has 23 heteroatoms. The molecule has 0 spiro atoms. The summed E-state index contributed by atoms with van der Waals surface area (Å²) in [6.07, 6.45) is -5.43. The second-order valence-electron chi connectivity index (χ2n) is 9.40. The monoisotopic (exact) mass is 733 g/mol. The van der Waals surface area contributed by atoms with Gasteiger partial charge in [-0.3, -0.25) is 9.88 Å². The molecule has 49 heavy (non-hydrogen) atoms. The lowest BCUT2D eigenvalue weighted by atomic mass is 10.1. The van der Waals surface area contributed by atoms with Crippen molar-refractivity contribution in [1.82, 2.24) is 29.7 Å². The topological polar surface area (TPSA) is 183 Å². The summed E-state index contributed by atoms with van der Waals surface area (Å²) in [5.41, 5.74) is 4.29. The number of carbonyl (C=O) groups is 3. The minimum Gasteiger partial charge on any atom is -0.475 e. The summed E-state index contributed by atoms with van der Waals surface area (Å²) < 4.78 is 97.1. The van der Waals surface area contributed by atoms with Crippen molar-refractivity contribution in [3.8, 4) is 0 Å². The number of alkyl halides is 9. The maximum absolute atomic E-state index is 10.6. The number of thiazole rings is 1. The Balaban J connectivity index is 0.000000325. The Hall–Kier alpha value is -5.06. The molecule has 0 aromatic carbocycles. The molecule has 0 aliphatic carbocycles. The smallest absolute Gasteiger partial charge is 0.475 e. The maximum atomic E-state index is 10.6. The molecule has 4 aromatic rings. The van der Waals surface area contributed by atoms with Crippen molar-refractivity contribution in [3.05, 3.63) is 70.7 Å². The first-order valence-corrected chi connectivity index (χ1v) is 14.1. The van der Waals surface area contributed by atoms with Crippen LogP contribution in [0.3, 0.4) is 0 Å². The quantitative estimate of drug-likeness (QED) is 0.185. The van der Waals surface area contributed by atoms with E-state index in [2.05, 4.69) is 48.7 Å². The first kappa shape index (κ1) is 40.1. The molecule has 1 aliphatic heterocycles. The van der Waals surface area contributed by atoms with Crippen LogP contribution in [0.25, 0.3) is 5.52 Å². The number of likely N-dealkylation sites (tertiary alicyclic amines) is 1. The highest BCUT2D eigenvalue weighted by Gasteiger charge is 2.39. The average Bonchev–Trinajstić information content (AvgIpc) is 3.78. The molecule has 0 bridgehead atoms. The minimum absolute atomic E-state index is 0.301. The summed E-state index contributed by atoms with van der Waals surface area (Å²) in [7, 11) is 0. The molecule has 0 saturated carbocycles. The molecule has 1 saturated heterocycles. The van der Waals surface area contributed by atoms with Gasteiger partial charge in [0.05, 0.1) is 30.0 Å². The largest absolute Gasteiger partial charge is 0.490 e. The van der Waals surface area contributed by atoms with Crippen LogP contribution in [0.15, 0.2) is 54.4 Å². The van der Waals surface area contributed by atoms with Gasteiger partial charge in [0.2, 0.25) is 0 Å². The molecule has 1 aliphatic rings. The first-order chi connectivity index (χ1) is 22.7. The van der Waals surface area contributed by atoms with Crippen molar-refractivity contribution in [2.24, 2.45) is 0 Å². The van der Waals surface area contributed by atoms with E-state index in [-0.39, 0.29) is 0 Å². The second-order valence-corrected chi connectivity index (χ2v) is 10.4. The van der Waals surface area contributed by atoms with Crippen molar-refractivity contribution in [2.45, 2.75) is 50.5 Å². The van der Waals surface area contributed by atoms with E-state index in [1.54, 1.807) is 17.5 Å². The zero-order valence-corrected chi connectivity index (χ0v) is 25.2. The number of hydrogen-bond acceptors (Lipinski definition) is 10. The maximum Gasteiger partial charge on any atom is 0.490 e. The van der Waals surface area contributed by atoms with Crippen LogP contribution in [-0.2, 0) is 27.5 Å². The highest BCUT2D eigenvalue weighted by molar-refractivity contribution is 7.09. The lowest BCUT2D eigenvalue weighted by molar-refractivity contribution is -0.193. The SMILES string of the molecule is O=C(O)C(F)(F)F.O=C(O)C(F)(F)F.O=C(O)C(F)(F)F.c1cncc(CNc2ccc3c(C4CCCN4Cc4nccs4)nnn3c2)c1. The van der Waals surface area contributed by atoms with Crippen molar-refractivity contribution in [2.75, 3.05) is 11.9 Å². The molecule has 1 unspecified atom stereocenters. The lowest BCUT2D eigenvalue weighted by Gasteiger charge is -2.21. The number of nitrogens with one attached hydrogen (secondary N) is 1. The van der Waals surface area contributed by atoms with Crippen LogP contribution >= 0.6 is 11.3 Å². The molecular weight excluding hydrogens is 709 g/mol. The Morgan fingerprint density at radius 3 is 1.98 bits per heavy atom. The van der Waals surface area contributed by atoms with Crippen LogP contribution in [0.5, 0.6) is 0 Å². The van der Waals surface area contributed by atoms with Gasteiger partial charge in [0, 0.05) is 30.5 Å². The van der Waals surface area contributed by atoms with E-state index in [1.165, 1.54) is 6.42 Å². The van der Waals surface area contributed by atoms with Gasteiger partial charge in [0.25, 0.3) is 0 Å². The van der Waals surface area contributed by atoms with Crippen molar-refractivity contribution >= 4 is 40.4 Å². The van der Waals surface area contributed by atoms with Gasteiger partial charge in [-0.25, -0.2) is 23.9 Å². The number of aliphatic carboxylic acids is 3. The molecule has 0 amide bonds. The number of carboxylic acid groups (broad SMARTS) is 3. The number of aromatic nitrogens is 5. The van der Waals surface area contributed by atoms with Crippen LogP contribution in [0.4, 0.5) is 45.2 Å². The zero-order chi connectivity index (χ0) is 37.0. The minimum atomic E-state index is -5.08. The van der Waals surface area contributed by atoms with Gasteiger partial charge in [0.15, 0.2) is 0 Å². The van der Waals surface area contributed by atoms with Crippen LogP contribution in [0.2, 0.25) is 0 Å². The second kappa shape index (κ2) is 17.4. The molecule has 5 heterocycles. The van der Waals surface area contributed by atoms with E-state index in [0.717, 1.165) is 53.5 Å². The number of pyridine rings is 2. The van der Waals surface area contributed by atoms with Crippen LogP contribution < -0.4 is 5.32 Å². The number of halogens is 9. The number of carboxylic acids is 3. The number of nitrogens with zero attached hydrogens (tertiary/aromatic N) is 6. The molecular formula is C26H24F9N7O6S. The predicted molar refractivity (Wildman–Crippen MR) is 150 cm³/mol. The molecule has 4 aromatic heterocycles. The molecule has 1 fully saturated rings. The van der Waals surface area contributed by atoms with E-state index in [0.29, 0.717) is 6.04 Å². The van der Waals surface area contributed by atoms with Crippen molar-refractivity contribution in [3.63, 3.8) is 0 Å². The zero-order valence-electron chi connectivity index (χ0n) is 24.4. The summed E-state index contributed by atoms with van der Waals surface area (Å²) in [4.78, 5) is 37.7. The van der Waals surface area contributed by atoms with Crippen molar-refractivity contribution in [1.29, 1.82) is 0 Å². The number of rotatable bonds is 6. The molecule has 4 N–H and O–H groups in total. The standard InChI is InChI=1S/C20H21N7S.3C2HF3O2/c1-3-15(11-21-7-1)12-23-16-5-6-18-20(24-25-27(18)13-16)17-4-2-9-26(17)14-19-22-8-10-28-19;3*3-2(4,5)1(6)7/h1,3,5-8,10-11,13,17,23H,2,4,9,12,14H2;3*(H,6,7). The molecule has 268 valence electrons. The Kier molecular flexibility index (Phi) is 14.2. The third kappa shape index (κ3) is 13.5. The average molecular weight is 734 g/mol. The summed E-state index contributed by atoms with van der Waals surface area (Å²) >= 11 is 1.71. The summed E-state index contributed by atoms with van der Waals surface area (Å²) in [6, 6.07) is 8.52. The lowest BCUT2D eigenvalue weighted by Crippen LogP contribution is -2.23. The molecule has 1 atom stereocenters. The van der Waals surface area contributed by atoms with Crippen LogP contribution in [0, 0.1) is 0 Å². The normalized spacial score (nSPS) is 14.8. The Labute approximate surface area is 272 Å². The van der Waals surface area contributed by atoms with E-state index < -0.39 is 36.4 Å². The van der Waals surface area contributed by atoms with Gasteiger partial charge in [-0.05, 0) is 43.1 Å². The predicted octanol–water partition coefficient (Wildman–Crippen LogP) is 5.43. The van der Waals surface area contributed by atoms with Gasteiger partial charge in [-0.1, -0.05) is 11.3 Å². The number of anilines is 1. The summed E-state index contributed by atoms with van der Waals surface area (Å²) in [5, 5.41) is 36.9. The van der Waals surface area contributed by atoms with E-state index >= 15 is 0 Å². The fraction of sp³-hybridized carbons (Fsp3) is 0.346. The van der Waals surface area contributed by atoms with Gasteiger partial charge in [0.1, 0.15) is 10.7 Å². The van der Waals surface area contributed by atoms with E-state index in [4.69, 9.17) is 29.7 Å². The number of hydrogen-bond donors (Lipinski definition) is 4. The van der Waals surface area contributed by atoms with Crippen LogP contribution in [0.1, 0.15) is 35.1 Å². The fourth-order valence-electron chi connectivity index (χ4n) is 3.79. The Morgan fingerprint density at radius 2 is 1.49 bits per heavy atom. The highest BCUT2D eigenvalue weighted by atomic mass is 32.1. The summed E-state index contributed by atoms with van der Waals surface area (Å²) in [5.74, 6) is -8.27. The fourth-order valence-corrected chi connectivity index (χ4v) is 4.43. The van der Waals surface area contributed by atoms with E-state index in [9.17, 15) is 39.5 Å². The first-order valence-electron chi connectivity index (χ1n) is 13.2. The highest BCUT2D eigenvalue weighted by Crippen LogP contribution is 2.34. The third-order valence-electron chi connectivity index (χ3n) is 5.89. The Bertz CT molecular complexity index is 1590. The third-order valence-corrected chi connectivity index (χ3v) is 6.65. The van der Waals surface area contributed by atoms with Gasteiger partial charge in [-0.2, -0.15) is 39.5 Å². The van der Waals surface area contributed by atoms with Gasteiger partial charge >= 0.3 is 36.4 Å². The molecule has 5 rings (SSSR count). The number of fused-ring (bicyclic) bond motifs is 1. The van der Waals surface area contributed by atoms with Gasteiger partial charge in [-0.15, -0.1) is 16.4 Å². The van der Waals surface area contributed by atoms with Crippen LogP contribution in [-0.4, -0.2) is 88.0 Å². The van der Waals surface area contributed by atoms with Gasteiger partial charge < -0.3 is 20.6 Å². The van der Waals surface area contributed by atoms with Crippen molar-refractivity contribution < 1.29 is 69.2 Å². The molecule has 0 radical (unpaired) electrons. The summed E-state index contributed by atoms with van der Waals surface area (Å²) in [6.45, 7) is 2.69. The molecule has 13 nitrogen and oxygen atoms in total. The van der Waals surface area contributed by atoms with E-state index in [1.807, 2.05) is 34.6 Å².